The van der Waals surface area contributed by atoms with Gasteiger partial charge < -0.3 is 15.6 Å². The van der Waals surface area contributed by atoms with Crippen LogP contribution in [0.1, 0.15) is 12.5 Å². The molecule has 0 bridgehead atoms. The number of rotatable bonds is 4. The average Bonchev–Trinajstić information content (AvgIpc) is 2.18. The Morgan fingerprint density at radius 1 is 1.56 bits per heavy atom. The number of ether oxygens (including phenoxy) is 1. The fraction of sp³-hybridized carbons (Fsp3) is 0.364. The molecule has 0 aliphatic carbocycles. The molecule has 0 saturated carbocycles. The van der Waals surface area contributed by atoms with Gasteiger partial charge in [0.15, 0.2) is 0 Å². The highest BCUT2D eigenvalue weighted by Gasteiger charge is 2.14. The van der Waals surface area contributed by atoms with Gasteiger partial charge in [0.05, 0.1) is 6.61 Å². The molecule has 0 fully saturated rings. The largest absolute Gasteiger partial charge is 0.508 e. The Morgan fingerprint density at radius 2 is 2.25 bits per heavy atom. The third kappa shape index (κ3) is 4.51. The first-order valence-electron chi connectivity index (χ1n) is 4.83. The van der Waals surface area contributed by atoms with Crippen LogP contribution in [0.15, 0.2) is 24.3 Å². The van der Waals surface area contributed by atoms with Crippen molar-refractivity contribution in [2.75, 3.05) is 6.61 Å². The molecule has 1 rings (SSSR count). The van der Waals surface area contributed by atoms with Crippen LogP contribution in [0.5, 0.6) is 5.75 Å². The lowest BCUT2D eigenvalue weighted by molar-refractivity contribution is -0.144. The van der Waals surface area contributed by atoms with E-state index in [1.807, 2.05) is 0 Å². The molecule has 1 aromatic carbocycles. The highest BCUT2D eigenvalue weighted by Crippen LogP contribution is 2.12. The zero-order chi connectivity index (χ0) is 11.3. The van der Waals surface area contributed by atoms with E-state index in [-0.39, 0.29) is 18.2 Å². The molecule has 3 N–H and O–H groups in total. The SMILES string of the molecule is CCOC(=O)[C@H](N)Cc1cccc(O)c1.Cl. The Kier molecular flexibility index (Phi) is 6.53. The van der Waals surface area contributed by atoms with E-state index in [4.69, 9.17) is 10.5 Å². The lowest BCUT2D eigenvalue weighted by Crippen LogP contribution is -2.34. The van der Waals surface area contributed by atoms with Gasteiger partial charge >= 0.3 is 5.97 Å². The van der Waals surface area contributed by atoms with Crippen LogP contribution in [0, 0.1) is 0 Å². The number of hydrogen-bond donors (Lipinski definition) is 2. The van der Waals surface area contributed by atoms with Crippen molar-refractivity contribution in [1.29, 1.82) is 0 Å². The summed E-state index contributed by atoms with van der Waals surface area (Å²) in [4.78, 5) is 11.2. The highest BCUT2D eigenvalue weighted by atomic mass is 35.5. The maximum atomic E-state index is 11.2. The second kappa shape index (κ2) is 7.09. The van der Waals surface area contributed by atoms with Gasteiger partial charge in [-0.3, -0.25) is 4.79 Å². The minimum absolute atomic E-state index is 0. The highest BCUT2D eigenvalue weighted by molar-refractivity contribution is 5.85. The van der Waals surface area contributed by atoms with Gasteiger partial charge in [0.25, 0.3) is 0 Å². The van der Waals surface area contributed by atoms with Crippen molar-refractivity contribution in [1.82, 2.24) is 0 Å². The van der Waals surface area contributed by atoms with E-state index >= 15 is 0 Å². The molecule has 4 nitrogen and oxygen atoms in total. The molecular weight excluding hydrogens is 230 g/mol. The van der Waals surface area contributed by atoms with E-state index in [1.165, 1.54) is 0 Å². The molecule has 0 aliphatic heterocycles. The first-order valence-corrected chi connectivity index (χ1v) is 4.83. The summed E-state index contributed by atoms with van der Waals surface area (Å²) >= 11 is 0. The molecule has 0 amide bonds. The molecule has 5 heteroatoms. The number of carbonyl (C=O) groups is 1. The Morgan fingerprint density at radius 3 is 2.81 bits per heavy atom. The third-order valence-electron chi connectivity index (χ3n) is 1.96. The van der Waals surface area contributed by atoms with E-state index in [9.17, 15) is 9.90 Å². The number of aromatic hydroxyl groups is 1. The summed E-state index contributed by atoms with van der Waals surface area (Å²) in [6.45, 7) is 2.06. The molecule has 0 unspecified atom stereocenters. The predicted octanol–water partition coefficient (Wildman–Crippen LogP) is 1.25. The number of nitrogens with two attached hydrogens (primary N) is 1. The van der Waals surface area contributed by atoms with Crippen LogP contribution < -0.4 is 5.73 Å². The van der Waals surface area contributed by atoms with Gasteiger partial charge in [-0.1, -0.05) is 12.1 Å². The van der Waals surface area contributed by atoms with Crippen LogP contribution in [0.25, 0.3) is 0 Å². The minimum atomic E-state index is -0.674. The van der Waals surface area contributed by atoms with Crippen molar-refractivity contribution < 1.29 is 14.6 Å². The molecule has 1 atom stereocenters. The molecule has 0 heterocycles. The molecule has 0 radical (unpaired) electrons. The van der Waals surface area contributed by atoms with Gasteiger partial charge in [-0.15, -0.1) is 12.4 Å². The number of carbonyl (C=O) groups excluding carboxylic acids is 1. The van der Waals surface area contributed by atoms with Gasteiger partial charge in [-0.05, 0) is 31.0 Å². The monoisotopic (exact) mass is 245 g/mol. The first kappa shape index (κ1) is 14.7. The van der Waals surface area contributed by atoms with Crippen molar-refractivity contribution in [3.05, 3.63) is 29.8 Å². The van der Waals surface area contributed by atoms with Crippen molar-refractivity contribution in [2.24, 2.45) is 5.73 Å². The number of halogens is 1. The van der Waals surface area contributed by atoms with E-state index in [2.05, 4.69) is 0 Å². The van der Waals surface area contributed by atoms with Crippen LogP contribution in [-0.2, 0) is 16.0 Å². The molecular formula is C11H16ClNO3. The summed E-state index contributed by atoms with van der Waals surface area (Å²) in [6, 6.07) is 5.99. The Hall–Kier alpha value is -1.26. The maximum Gasteiger partial charge on any atom is 0.323 e. The number of phenols is 1. The summed E-state index contributed by atoms with van der Waals surface area (Å²) in [5.41, 5.74) is 6.44. The molecule has 0 saturated heterocycles. The predicted molar refractivity (Wildman–Crippen MR) is 63.7 cm³/mol. The van der Waals surface area contributed by atoms with Crippen LogP contribution in [0.4, 0.5) is 0 Å². The van der Waals surface area contributed by atoms with Gasteiger partial charge in [0.1, 0.15) is 11.8 Å². The van der Waals surface area contributed by atoms with E-state index in [0.717, 1.165) is 5.56 Å². The topological polar surface area (TPSA) is 72.5 Å². The van der Waals surface area contributed by atoms with E-state index in [1.54, 1.807) is 31.2 Å². The van der Waals surface area contributed by atoms with Crippen molar-refractivity contribution >= 4 is 18.4 Å². The molecule has 0 aliphatic rings. The van der Waals surface area contributed by atoms with Gasteiger partial charge in [-0.2, -0.15) is 0 Å². The van der Waals surface area contributed by atoms with Crippen LogP contribution in [-0.4, -0.2) is 23.7 Å². The van der Waals surface area contributed by atoms with Crippen LogP contribution >= 0.6 is 12.4 Å². The summed E-state index contributed by atoms with van der Waals surface area (Å²) in [5, 5.41) is 9.21. The first-order chi connectivity index (χ1) is 7.13. The second-order valence-electron chi connectivity index (χ2n) is 3.23. The van der Waals surface area contributed by atoms with Crippen molar-refractivity contribution in [3.8, 4) is 5.75 Å². The fourth-order valence-corrected chi connectivity index (χ4v) is 1.27. The summed E-state index contributed by atoms with van der Waals surface area (Å²) in [5.74, 6) is -0.246. The van der Waals surface area contributed by atoms with Crippen LogP contribution in [0.3, 0.4) is 0 Å². The molecule has 0 spiro atoms. The summed E-state index contributed by atoms with van der Waals surface area (Å²) in [7, 11) is 0. The molecule has 90 valence electrons. The average molecular weight is 246 g/mol. The fourth-order valence-electron chi connectivity index (χ4n) is 1.27. The van der Waals surface area contributed by atoms with E-state index < -0.39 is 12.0 Å². The third-order valence-corrected chi connectivity index (χ3v) is 1.96. The number of hydrogen-bond acceptors (Lipinski definition) is 4. The Labute approximate surface area is 101 Å². The van der Waals surface area contributed by atoms with Gasteiger partial charge in [0, 0.05) is 0 Å². The standard InChI is InChI=1S/C11H15NO3.ClH/c1-2-15-11(14)10(12)7-8-4-3-5-9(13)6-8;/h3-6,10,13H,2,7,12H2,1H3;1H/t10-;/m1./s1. The zero-order valence-electron chi connectivity index (χ0n) is 9.05. The maximum absolute atomic E-state index is 11.2. The number of esters is 1. The van der Waals surface area contributed by atoms with Crippen molar-refractivity contribution in [2.45, 2.75) is 19.4 Å². The molecule has 16 heavy (non-hydrogen) atoms. The van der Waals surface area contributed by atoms with Gasteiger partial charge in [0.2, 0.25) is 0 Å². The molecule has 1 aromatic rings. The summed E-state index contributed by atoms with van der Waals surface area (Å²) < 4.78 is 4.78. The second-order valence-corrected chi connectivity index (χ2v) is 3.23. The number of benzene rings is 1. The van der Waals surface area contributed by atoms with Gasteiger partial charge in [-0.25, -0.2) is 0 Å². The quantitative estimate of drug-likeness (QED) is 0.783. The normalized spacial score (nSPS) is 11.4. The van der Waals surface area contributed by atoms with Crippen LogP contribution in [0.2, 0.25) is 0 Å². The summed E-state index contributed by atoms with van der Waals surface area (Å²) in [6.07, 6.45) is 0.368. The zero-order valence-corrected chi connectivity index (χ0v) is 9.87. The smallest absolute Gasteiger partial charge is 0.323 e. The van der Waals surface area contributed by atoms with E-state index in [0.29, 0.717) is 13.0 Å². The lowest BCUT2D eigenvalue weighted by Gasteiger charge is -2.10. The van der Waals surface area contributed by atoms with Crippen molar-refractivity contribution in [3.63, 3.8) is 0 Å². The minimum Gasteiger partial charge on any atom is -0.508 e. The Balaban J connectivity index is 0.00000225. The Bertz CT molecular complexity index is 344. The molecule has 0 aromatic heterocycles. The lowest BCUT2D eigenvalue weighted by atomic mass is 10.1. The number of phenolic OH excluding ortho intramolecular Hbond substituents is 1.